The summed E-state index contributed by atoms with van der Waals surface area (Å²) in [5.74, 6) is -0.558. The SMILES string of the molecule is Cc1cccc2sc(N(Cc3ccccc3)C(=O)CCNC(=O)c3ccc([N+](=O)[O-])cc3)nc12. The van der Waals surface area contributed by atoms with Crippen molar-refractivity contribution in [2.75, 3.05) is 11.4 Å². The van der Waals surface area contributed by atoms with Crippen molar-refractivity contribution in [1.29, 1.82) is 0 Å². The van der Waals surface area contributed by atoms with Gasteiger partial charge in [0.05, 0.1) is 21.7 Å². The molecule has 4 rings (SSSR count). The lowest BCUT2D eigenvalue weighted by atomic mass is 10.2. The summed E-state index contributed by atoms with van der Waals surface area (Å²) in [5, 5.41) is 14.1. The first-order valence-electron chi connectivity index (χ1n) is 10.7. The molecule has 0 aliphatic carbocycles. The van der Waals surface area contributed by atoms with E-state index >= 15 is 0 Å². The first kappa shape index (κ1) is 23.1. The molecule has 2 amide bonds. The van der Waals surface area contributed by atoms with Gasteiger partial charge in [0.25, 0.3) is 11.6 Å². The van der Waals surface area contributed by atoms with E-state index in [4.69, 9.17) is 4.98 Å². The molecule has 1 heterocycles. The molecule has 1 aromatic heterocycles. The van der Waals surface area contributed by atoms with E-state index in [1.165, 1.54) is 35.6 Å². The minimum atomic E-state index is -0.523. The number of fused-ring (bicyclic) bond motifs is 1. The van der Waals surface area contributed by atoms with E-state index in [2.05, 4.69) is 5.32 Å². The van der Waals surface area contributed by atoms with Crippen LogP contribution in [-0.2, 0) is 11.3 Å². The molecule has 0 aliphatic heterocycles. The minimum Gasteiger partial charge on any atom is -0.352 e. The third-order valence-electron chi connectivity index (χ3n) is 5.29. The Morgan fingerprint density at radius 2 is 1.76 bits per heavy atom. The predicted octanol–water partition coefficient (Wildman–Crippen LogP) is 4.87. The van der Waals surface area contributed by atoms with Crippen LogP contribution in [0.2, 0.25) is 0 Å². The van der Waals surface area contributed by atoms with Crippen molar-refractivity contribution < 1.29 is 14.5 Å². The smallest absolute Gasteiger partial charge is 0.269 e. The second-order valence-corrected chi connectivity index (χ2v) is 8.70. The Morgan fingerprint density at radius 1 is 1.03 bits per heavy atom. The van der Waals surface area contributed by atoms with Crippen LogP contribution < -0.4 is 10.2 Å². The lowest BCUT2D eigenvalue weighted by Gasteiger charge is -2.20. The summed E-state index contributed by atoms with van der Waals surface area (Å²) in [6.45, 7) is 2.49. The number of nitrogens with one attached hydrogen (secondary N) is 1. The highest BCUT2D eigenvalue weighted by molar-refractivity contribution is 7.22. The average molecular weight is 475 g/mol. The molecule has 34 heavy (non-hydrogen) atoms. The molecule has 172 valence electrons. The van der Waals surface area contributed by atoms with Crippen LogP contribution in [0.15, 0.2) is 72.8 Å². The number of aromatic nitrogens is 1. The normalized spacial score (nSPS) is 10.7. The summed E-state index contributed by atoms with van der Waals surface area (Å²) in [6, 6.07) is 20.9. The van der Waals surface area contributed by atoms with Crippen molar-refractivity contribution in [3.05, 3.63) is 99.6 Å². The van der Waals surface area contributed by atoms with E-state index in [1.807, 2.05) is 55.5 Å². The van der Waals surface area contributed by atoms with Crippen molar-refractivity contribution in [2.45, 2.75) is 19.9 Å². The molecule has 0 saturated heterocycles. The maximum Gasteiger partial charge on any atom is 0.269 e. The molecule has 4 aromatic rings. The third kappa shape index (κ3) is 5.26. The maximum atomic E-state index is 13.2. The molecule has 0 saturated carbocycles. The standard InChI is InChI=1S/C25H22N4O4S/c1-17-6-5-9-21-23(17)27-25(34-21)28(16-18-7-3-2-4-8-18)22(30)14-15-26-24(31)19-10-12-20(13-11-19)29(32)33/h2-13H,14-16H2,1H3,(H,26,31). The van der Waals surface area contributed by atoms with Crippen LogP contribution in [0.4, 0.5) is 10.8 Å². The number of nitro groups is 1. The van der Waals surface area contributed by atoms with Gasteiger partial charge in [-0.3, -0.25) is 24.6 Å². The Kier molecular flexibility index (Phi) is 6.93. The van der Waals surface area contributed by atoms with Gasteiger partial charge in [-0.2, -0.15) is 0 Å². The molecule has 0 aliphatic rings. The van der Waals surface area contributed by atoms with Crippen molar-refractivity contribution in [2.24, 2.45) is 0 Å². The number of hydrogen-bond donors (Lipinski definition) is 1. The van der Waals surface area contributed by atoms with Gasteiger partial charge < -0.3 is 5.32 Å². The van der Waals surface area contributed by atoms with Gasteiger partial charge in [-0.05, 0) is 36.2 Å². The Hall–Kier alpha value is -4.11. The fourth-order valence-electron chi connectivity index (χ4n) is 3.47. The maximum absolute atomic E-state index is 13.2. The summed E-state index contributed by atoms with van der Waals surface area (Å²) >= 11 is 1.46. The van der Waals surface area contributed by atoms with Gasteiger partial charge in [0.1, 0.15) is 0 Å². The molecule has 0 atom stereocenters. The number of nitro benzene ring substituents is 1. The van der Waals surface area contributed by atoms with Gasteiger partial charge >= 0.3 is 0 Å². The molecule has 0 fully saturated rings. The molecule has 3 aromatic carbocycles. The zero-order valence-electron chi connectivity index (χ0n) is 18.4. The van der Waals surface area contributed by atoms with Crippen LogP contribution >= 0.6 is 11.3 Å². The summed E-state index contributed by atoms with van der Waals surface area (Å²) < 4.78 is 1.01. The quantitative estimate of drug-likeness (QED) is 0.290. The Morgan fingerprint density at radius 3 is 2.44 bits per heavy atom. The average Bonchev–Trinajstić information content (AvgIpc) is 3.28. The first-order chi connectivity index (χ1) is 16.4. The number of rotatable bonds is 8. The largest absolute Gasteiger partial charge is 0.352 e. The molecule has 0 radical (unpaired) electrons. The number of amides is 2. The van der Waals surface area contributed by atoms with Gasteiger partial charge in [-0.1, -0.05) is 53.8 Å². The zero-order chi connectivity index (χ0) is 24.1. The van der Waals surface area contributed by atoms with Gasteiger partial charge in [0.2, 0.25) is 5.91 Å². The van der Waals surface area contributed by atoms with Crippen LogP contribution in [-0.4, -0.2) is 28.3 Å². The van der Waals surface area contributed by atoms with Gasteiger partial charge in [-0.15, -0.1) is 0 Å². The molecule has 0 bridgehead atoms. The molecule has 8 nitrogen and oxygen atoms in total. The highest BCUT2D eigenvalue weighted by Crippen LogP contribution is 2.31. The molecule has 0 spiro atoms. The van der Waals surface area contributed by atoms with E-state index in [1.54, 1.807) is 4.90 Å². The number of non-ortho nitro benzene ring substituents is 1. The van der Waals surface area contributed by atoms with Gasteiger partial charge in [0, 0.05) is 30.7 Å². The molecular formula is C25H22N4O4S. The number of aryl methyl sites for hydroxylation is 1. The number of hydrogen-bond acceptors (Lipinski definition) is 6. The van der Waals surface area contributed by atoms with E-state index in [-0.39, 0.29) is 24.6 Å². The predicted molar refractivity (Wildman–Crippen MR) is 132 cm³/mol. The van der Waals surface area contributed by atoms with E-state index in [0.717, 1.165) is 21.3 Å². The summed E-state index contributed by atoms with van der Waals surface area (Å²) in [6.07, 6.45) is 0.0838. The first-order valence-corrected chi connectivity index (χ1v) is 11.5. The van der Waals surface area contributed by atoms with Crippen molar-refractivity contribution in [1.82, 2.24) is 10.3 Å². The second kappa shape index (κ2) is 10.2. The monoisotopic (exact) mass is 474 g/mol. The Bertz CT molecular complexity index is 1340. The van der Waals surface area contributed by atoms with Crippen molar-refractivity contribution in [3.63, 3.8) is 0 Å². The lowest BCUT2D eigenvalue weighted by Crippen LogP contribution is -2.34. The lowest BCUT2D eigenvalue weighted by molar-refractivity contribution is -0.384. The molecule has 1 N–H and O–H groups in total. The van der Waals surface area contributed by atoms with E-state index in [9.17, 15) is 19.7 Å². The number of carbonyl (C=O) groups excluding carboxylic acids is 2. The number of anilines is 1. The number of carbonyl (C=O) groups is 2. The Balaban J connectivity index is 1.47. The van der Waals surface area contributed by atoms with Crippen LogP contribution in [0.25, 0.3) is 10.2 Å². The van der Waals surface area contributed by atoms with Crippen LogP contribution in [0.1, 0.15) is 27.9 Å². The fraction of sp³-hybridized carbons (Fsp3) is 0.160. The number of nitrogens with zero attached hydrogens (tertiary/aromatic N) is 3. The van der Waals surface area contributed by atoms with Crippen LogP contribution in [0.5, 0.6) is 0 Å². The third-order valence-corrected chi connectivity index (χ3v) is 6.33. The van der Waals surface area contributed by atoms with E-state index in [0.29, 0.717) is 17.2 Å². The van der Waals surface area contributed by atoms with Crippen molar-refractivity contribution >= 4 is 44.2 Å². The van der Waals surface area contributed by atoms with Crippen LogP contribution in [0, 0.1) is 17.0 Å². The van der Waals surface area contributed by atoms with Gasteiger partial charge in [-0.25, -0.2) is 4.98 Å². The van der Waals surface area contributed by atoms with E-state index < -0.39 is 10.8 Å². The number of thiazole rings is 1. The number of para-hydroxylation sites is 1. The topological polar surface area (TPSA) is 105 Å². The molecular weight excluding hydrogens is 452 g/mol. The van der Waals surface area contributed by atoms with Crippen molar-refractivity contribution in [3.8, 4) is 0 Å². The summed E-state index contributed by atoms with van der Waals surface area (Å²) in [4.78, 5) is 42.2. The van der Waals surface area contributed by atoms with Crippen LogP contribution in [0.3, 0.4) is 0 Å². The molecule has 9 heteroatoms. The van der Waals surface area contributed by atoms with Gasteiger partial charge in [0.15, 0.2) is 5.13 Å². The summed E-state index contributed by atoms with van der Waals surface area (Å²) in [5.41, 5.74) is 3.10. The highest BCUT2D eigenvalue weighted by atomic mass is 32.1. The highest BCUT2D eigenvalue weighted by Gasteiger charge is 2.21. The summed E-state index contributed by atoms with van der Waals surface area (Å²) in [7, 11) is 0. The second-order valence-electron chi connectivity index (χ2n) is 7.69. The zero-order valence-corrected chi connectivity index (χ0v) is 19.2. The fourth-order valence-corrected chi connectivity index (χ4v) is 4.53. The number of benzene rings is 3. The minimum absolute atomic E-state index is 0.0838. The molecule has 0 unspecified atom stereocenters. The Labute approximate surface area is 200 Å².